The minimum Gasteiger partial charge on any atom is -0.339 e. The van der Waals surface area contributed by atoms with Crippen molar-refractivity contribution in [3.8, 4) is 11.4 Å². The Morgan fingerprint density at radius 2 is 2.19 bits per heavy atom. The summed E-state index contributed by atoms with van der Waals surface area (Å²) in [7, 11) is 0. The monoisotopic (exact) mass is 355 g/mol. The van der Waals surface area contributed by atoms with E-state index in [0.29, 0.717) is 28.7 Å². The predicted octanol–water partition coefficient (Wildman–Crippen LogP) is 3.96. The van der Waals surface area contributed by atoms with Gasteiger partial charge in [0, 0.05) is 18.0 Å². The topological polar surface area (TPSA) is 51.0 Å². The lowest BCUT2D eigenvalue weighted by molar-refractivity contribution is 0.352. The minimum atomic E-state index is -0.308. The second-order valence-electron chi connectivity index (χ2n) is 4.89. The van der Waals surface area contributed by atoms with Crippen LogP contribution in [-0.2, 0) is 6.42 Å². The molecular weight excluding hydrogens is 337 g/mol. The van der Waals surface area contributed by atoms with Gasteiger partial charge in [0.15, 0.2) is 0 Å². The number of hydrogen-bond donors (Lipinski definition) is 1. The molecule has 0 aliphatic rings. The fourth-order valence-electron chi connectivity index (χ4n) is 2.21. The molecule has 2 rings (SSSR count). The molecule has 2 aromatic rings. The Hall–Kier alpha value is -1.27. The van der Waals surface area contributed by atoms with Crippen molar-refractivity contribution >= 4 is 15.9 Å². The number of likely N-dealkylation sites (N-methyl/N-ethyl adjacent to an activating group) is 1. The highest BCUT2D eigenvalue weighted by molar-refractivity contribution is 9.10. The van der Waals surface area contributed by atoms with Crippen molar-refractivity contribution in [2.75, 3.05) is 6.54 Å². The van der Waals surface area contributed by atoms with Crippen LogP contribution in [0, 0.1) is 5.82 Å². The van der Waals surface area contributed by atoms with Crippen molar-refractivity contribution in [1.29, 1.82) is 0 Å². The number of halogens is 2. The van der Waals surface area contributed by atoms with Crippen LogP contribution < -0.4 is 5.32 Å². The summed E-state index contributed by atoms with van der Waals surface area (Å²) in [5, 5.41) is 7.39. The Morgan fingerprint density at radius 1 is 1.38 bits per heavy atom. The van der Waals surface area contributed by atoms with Gasteiger partial charge in [-0.05, 0) is 47.1 Å². The number of aromatic nitrogens is 2. The zero-order chi connectivity index (χ0) is 15.2. The van der Waals surface area contributed by atoms with Gasteiger partial charge in [-0.25, -0.2) is 4.39 Å². The van der Waals surface area contributed by atoms with Crippen LogP contribution >= 0.6 is 15.9 Å². The van der Waals surface area contributed by atoms with Crippen LogP contribution in [-0.4, -0.2) is 22.7 Å². The lowest BCUT2D eigenvalue weighted by Crippen LogP contribution is -2.30. The summed E-state index contributed by atoms with van der Waals surface area (Å²) < 4.78 is 18.9. The highest BCUT2D eigenvalue weighted by Gasteiger charge is 2.14. The van der Waals surface area contributed by atoms with E-state index in [1.54, 1.807) is 12.1 Å². The maximum Gasteiger partial charge on any atom is 0.228 e. The maximum atomic E-state index is 13.2. The van der Waals surface area contributed by atoms with Crippen LogP contribution in [0.1, 0.15) is 32.6 Å². The molecule has 0 amide bonds. The Labute approximate surface area is 132 Å². The Morgan fingerprint density at radius 3 is 2.86 bits per heavy atom. The van der Waals surface area contributed by atoms with Crippen LogP contribution in [0.25, 0.3) is 11.4 Å². The predicted molar refractivity (Wildman–Crippen MR) is 83.5 cm³/mol. The third-order valence-electron chi connectivity index (χ3n) is 3.20. The van der Waals surface area contributed by atoms with Crippen molar-refractivity contribution < 1.29 is 8.91 Å². The molecule has 21 heavy (non-hydrogen) atoms. The number of hydrogen-bond acceptors (Lipinski definition) is 4. The molecule has 0 aliphatic carbocycles. The Kier molecular flexibility index (Phi) is 5.87. The average molecular weight is 356 g/mol. The fourth-order valence-corrected chi connectivity index (χ4v) is 2.59. The SMILES string of the molecule is CCCC(Cc1nc(-c2ccc(F)c(Br)c2)no1)NCC. The fraction of sp³-hybridized carbons (Fsp3) is 0.467. The van der Waals surface area contributed by atoms with Crippen LogP contribution in [0.4, 0.5) is 4.39 Å². The van der Waals surface area contributed by atoms with Crippen molar-refractivity contribution in [1.82, 2.24) is 15.5 Å². The number of rotatable bonds is 7. The molecule has 4 nitrogen and oxygen atoms in total. The summed E-state index contributed by atoms with van der Waals surface area (Å²) in [4.78, 5) is 4.39. The summed E-state index contributed by atoms with van der Waals surface area (Å²) in [5.41, 5.74) is 0.730. The average Bonchev–Trinajstić information content (AvgIpc) is 2.91. The first kappa shape index (κ1) is 16.1. The van der Waals surface area contributed by atoms with E-state index < -0.39 is 0 Å². The van der Waals surface area contributed by atoms with Crippen molar-refractivity contribution in [2.45, 2.75) is 39.2 Å². The van der Waals surface area contributed by atoms with E-state index in [1.807, 2.05) is 0 Å². The third kappa shape index (κ3) is 4.35. The first-order chi connectivity index (χ1) is 10.1. The first-order valence-electron chi connectivity index (χ1n) is 7.15. The molecule has 1 N–H and O–H groups in total. The standard InChI is InChI=1S/C15H19BrFN3O/c1-3-5-11(18-4-2)9-14-19-15(20-21-14)10-6-7-13(17)12(16)8-10/h6-8,11,18H,3-5,9H2,1-2H3. The molecule has 6 heteroatoms. The van der Waals surface area contributed by atoms with Gasteiger partial charge in [-0.15, -0.1) is 0 Å². The zero-order valence-corrected chi connectivity index (χ0v) is 13.8. The van der Waals surface area contributed by atoms with Gasteiger partial charge in [0.25, 0.3) is 0 Å². The summed E-state index contributed by atoms with van der Waals surface area (Å²) in [6, 6.07) is 5.02. The van der Waals surface area contributed by atoms with Gasteiger partial charge in [-0.2, -0.15) is 4.98 Å². The van der Waals surface area contributed by atoms with Gasteiger partial charge in [-0.1, -0.05) is 25.4 Å². The molecular formula is C15H19BrFN3O. The van der Waals surface area contributed by atoms with Gasteiger partial charge < -0.3 is 9.84 Å². The molecule has 0 radical (unpaired) electrons. The minimum absolute atomic E-state index is 0.308. The molecule has 1 atom stereocenters. The lowest BCUT2D eigenvalue weighted by Gasteiger charge is -2.14. The third-order valence-corrected chi connectivity index (χ3v) is 3.80. The van der Waals surface area contributed by atoms with Gasteiger partial charge >= 0.3 is 0 Å². The smallest absolute Gasteiger partial charge is 0.228 e. The molecule has 0 fully saturated rings. The van der Waals surface area contributed by atoms with E-state index in [1.165, 1.54) is 6.07 Å². The van der Waals surface area contributed by atoms with E-state index in [0.717, 1.165) is 24.9 Å². The quantitative estimate of drug-likeness (QED) is 0.816. The van der Waals surface area contributed by atoms with Gasteiger partial charge in [0.1, 0.15) is 5.82 Å². The summed E-state index contributed by atoms with van der Waals surface area (Å²) >= 11 is 3.16. The largest absolute Gasteiger partial charge is 0.339 e. The second-order valence-corrected chi connectivity index (χ2v) is 5.74. The molecule has 0 aliphatic heterocycles. The molecule has 1 heterocycles. The highest BCUT2D eigenvalue weighted by atomic mass is 79.9. The van der Waals surface area contributed by atoms with Gasteiger partial charge in [-0.3, -0.25) is 0 Å². The van der Waals surface area contributed by atoms with Crippen LogP contribution in [0.5, 0.6) is 0 Å². The van der Waals surface area contributed by atoms with E-state index in [-0.39, 0.29) is 5.82 Å². The Bertz CT molecular complexity index is 582. The van der Waals surface area contributed by atoms with E-state index in [2.05, 4.69) is 45.2 Å². The number of benzene rings is 1. The summed E-state index contributed by atoms with van der Waals surface area (Å²) in [5.74, 6) is 0.778. The molecule has 0 bridgehead atoms. The van der Waals surface area contributed by atoms with Crippen LogP contribution in [0.15, 0.2) is 27.2 Å². The number of nitrogens with one attached hydrogen (secondary N) is 1. The maximum absolute atomic E-state index is 13.2. The van der Waals surface area contributed by atoms with Gasteiger partial charge in [0.2, 0.25) is 11.7 Å². The highest BCUT2D eigenvalue weighted by Crippen LogP contribution is 2.23. The van der Waals surface area contributed by atoms with E-state index in [9.17, 15) is 4.39 Å². The van der Waals surface area contributed by atoms with Crippen molar-refractivity contribution in [3.63, 3.8) is 0 Å². The molecule has 0 spiro atoms. The van der Waals surface area contributed by atoms with Gasteiger partial charge in [0.05, 0.1) is 4.47 Å². The molecule has 114 valence electrons. The zero-order valence-electron chi connectivity index (χ0n) is 12.2. The Balaban J connectivity index is 2.11. The molecule has 0 saturated heterocycles. The summed E-state index contributed by atoms with van der Waals surface area (Å²) in [6.45, 7) is 5.15. The molecule has 1 aromatic heterocycles. The lowest BCUT2D eigenvalue weighted by atomic mass is 10.1. The number of nitrogens with zero attached hydrogens (tertiary/aromatic N) is 2. The first-order valence-corrected chi connectivity index (χ1v) is 7.94. The molecule has 0 saturated carbocycles. The van der Waals surface area contributed by atoms with E-state index in [4.69, 9.17) is 4.52 Å². The van der Waals surface area contributed by atoms with Crippen LogP contribution in [0.3, 0.4) is 0 Å². The molecule has 1 unspecified atom stereocenters. The van der Waals surface area contributed by atoms with Crippen LogP contribution in [0.2, 0.25) is 0 Å². The van der Waals surface area contributed by atoms with E-state index >= 15 is 0 Å². The second kappa shape index (κ2) is 7.66. The van der Waals surface area contributed by atoms with Crippen molar-refractivity contribution in [2.24, 2.45) is 0 Å². The molecule has 1 aromatic carbocycles. The van der Waals surface area contributed by atoms with Crippen molar-refractivity contribution in [3.05, 3.63) is 34.4 Å². The normalized spacial score (nSPS) is 12.6. The summed E-state index contributed by atoms with van der Waals surface area (Å²) in [6.07, 6.45) is 2.87.